The van der Waals surface area contributed by atoms with Gasteiger partial charge in [0.15, 0.2) is 0 Å². The highest BCUT2D eigenvalue weighted by Gasteiger charge is 2.40. The van der Waals surface area contributed by atoms with Crippen LogP contribution >= 0.6 is 23.2 Å². The topological polar surface area (TPSA) is 77.4 Å². The number of alkyl halides is 3. The summed E-state index contributed by atoms with van der Waals surface area (Å²) in [6.07, 6.45) is -5.11. The fourth-order valence-corrected chi connectivity index (χ4v) is 6.26. The van der Waals surface area contributed by atoms with Gasteiger partial charge in [-0.1, -0.05) is 59.6 Å². The van der Waals surface area contributed by atoms with Crippen LogP contribution in [0.25, 0.3) is 0 Å². The van der Waals surface area contributed by atoms with Gasteiger partial charge in [-0.25, -0.2) is 8.42 Å². The summed E-state index contributed by atoms with van der Waals surface area (Å²) in [6.45, 7) is 0. The summed E-state index contributed by atoms with van der Waals surface area (Å²) in [6, 6.07) is 18.7. The molecule has 6 nitrogen and oxygen atoms in total. The molecule has 1 aromatic heterocycles. The van der Waals surface area contributed by atoms with Gasteiger partial charge in [0.1, 0.15) is 21.4 Å². The highest BCUT2D eigenvalue weighted by molar-refractivity contribution is 7.91. The van der Waals surface area contributed by atoms with Crippen LogP contribution in [0.15, 0.2) is 99.5 Å². The summed E-state index contributed by atoms with van der Waals surface area (Å²) in [5.74, 6) is -0.953. The lowest BCUT2D eigenvalue weighted by molar-refractivity contribution is -0.275. The first-order valence-electron chi connectivity index (χ1n) is 11.1. The molecule has 0 fully saturated rings. The molecule has 0 saturated heterocycles. The maximum absolute atomic E-state index is 13.7. The van der Waals surface area contributed by atoms with Gasteiger partial charge in [-0.15, -0.1) is 13.2 Å². The van der Waals surface area contributed by atoms with E-state index in [0.717, 1.165) is 24.3 Å². The first-order chi connectivity index (χ1) is 18.0. The molecule has 12 heteroatoms. The molecule has 2 atom stereocenters. The zero-order chi connectivity index (χ0) is 27.2. The van der Waals surface area contributed by atoms with E-state index in [1.165, 1.54) is 16.7 Å². The van der Waals surface area contributed by atoms with Crippen LogP contribution in [0.1, 0.15) is 23.2 Å². The van der Waals surface area contributed by atoms with Crippen molar-refractivity contribution < 1.29 is 26.3 Å². The lowest BCUT2D eigenvalue weighted by atomic mass is 9.94. The third-order valence-electron chi connectivity index (χ3n) is 6.07. The molecule has 1 N–H and O–H groups in total. The second-order valence-electron chi connectivity index (χ2n) is 8.42. The van der Waals surface area contributed by atoms with Crippen molar-refractivity contribution in [2.75, 3.05) is 5.32 Å². The zero-order valence-corrected chi connectivity index (χ0v) is 21.4. The maximum Gasteiger partial charge on any atom is 0.573 e. The summed E-state index contributed by atoms with van der Waals surface area (Å²) in [5.41, 5.74) is 0.836. The van der Waals surface area contributed by atoms with Crippen LogP contribution < -0.4 is 15.6 Å². The van der Waals surface area contributed by atoms with Crippen LogP contribution in [0.3, 0.4) is 0 Å². The predicted molar refractivity (Wildman–Crippen MR) is 137 cm³/mol. The summed E-state index contributed by atoms with van der Waals surface area (Å²) >= 11 is 12.1. The standard InChI is InChI=1S/C26H17Cl2F3N2O4S/c27-17-9-5-15(6-10-17)23-24(16-7-11-18(28)12-8-16)33-22(34)14-13-21(25(33)32-23)38(35,36)20-4-2-1-3-19(20)37-26(29,30)31/h1-14,23-24,32H. The molecule has 3 aromatic carbocycles. The molecule has 0 radical (unpaired) electrons. The van der Waals surface area contributed by atoms with Crippen LogP contribution in [-0.2, 0) is 9.84 Å². The number of benzene rings is 3. The van der Waals surface area contributed by atoms with Crippen LogP contribution in [0, 0.1) is 0 Å². The number of rotatable bonds is 5. The Kier molecular flexibility index (Phi) is 6.66. The minimum Gasteiger partial charge on any atom is -0.404 e. The number of nitrogens with zero attached hydrogens (tertiary/aromatic N) is 1. The van der Waals surface area contributed by atoms with Crippen LogP contribution in [0.5, 0.6) is 5.75 Å². The third-order valence-corrected chi connectivity index (χ3v) is 8.40. The van der Waals surface area contributed by atoms with Crippen LogP contribution in [0.2, 0.25) is 10.0 Å². The average Bonchev–Trinajstić information content (AvgIpc) is 3.25. The molecule has 5 rings (SSSR count). The van der Waals surface area contributed by atoms with E-state index in [-0.39, 0.29) is 10.7 Å². The monoisotopic (exact) mass is 580 g/mol. The fraction of sp³-hybridized carbons (Fsp3) is 0.115. The summed E-state index contributed by atoms with van der Waals surface area (Å²) in [7, 11) is -4.60. The normalized spacial score (nSPS) is 17.1. The Bertz CT molecular complexity index is 1670. The van der Waals surface area contributed by atoms with Crippen molar-refractivity contribution in [3.8, 4) is 5.75 Å². The molecule has 1 aliphatic rings. The van der Waals surface area contributed by atoms with E-state index in [2.05, 4.69) is 10.1 Å². The van der Waals surface area contributed by atoms with Crippen molar-refractivity contribution >= 4 is 38.9 Å². The Morgan fingerprint density at radius 1 is 0.789 bits per heavy atom. The fourth-order valence-electron chi connectivity index (χ4n) is 4.48. The molecule has 196 valence electrons. The first-order valence-corrected chi connectivity index (χ1v) is 13.3. The number of hydrogen-bond acceptors (Lipinski definition) is 5. The molecule has 0 saturated carbocycles. The Morgan fingerprint density at radius 3 is 1.97 bits per heavy atom. The molecule has 0 amide bonds. The minimum absolute atomic E-state index is 0.0702. The van der Waals surface area contributed by atoms with E-state index in [1.54, 1.807) is 48.5 Å². The minimum atomic E-state index is -5.11. The molecule has 0 spiro atoms. The van der Waals surface area contributed by atoms with E-state index in [1.807, 2.05) is 0 Å². The number of nitrogens with one attached hydrogen (secondary N) is 1. The maximum atomic E-state index is 13.7. The molecule has 1 aliphatic heterocycles. The van der Waals surface area contributed by atoms with Gasteiger partial charge < -0.3 is 10.1 Å². The number of ether oxygens (including phenoxy) is 1. The van der Waals surface area contributed by atoms with E-state index >= 15 is 0 Å². The van der Waals surface area contributed by atoms with Gasteiger partial charge in [0.2, 0.25) is 9.84 Å². The highest BCUT2D eigenvalue weighted by atomic mass is 35.5. The molecule has 2 unspecified atom stereocenters. The summed E-state index contributed by atoms with van der Waals surface area (Å²) in [4.78, 5) is 12.1. The highest BCUT2D eigenvalue weighted by Crippen LogP contribution is 2.45. The number of hydrogen-bond donors (Lipinski definition) is 1. The molecule has 38 heavy (non-hydrogen) atoms. The number of halogens is 5. The lowest BCUT2D eigenvalue weighted by Crippen LogP contribution is -2.25. The Balaban J connectivity index is 1.72. The van der Waals surface area contributed by atoms with Gasteiger partial charge in [0.05, 0.1) is 12.1 Å². The second-order valence-corrected chi connectivity index (χ2v) is 11.2. The third kappa shape index (κ3) is 4.87. The number of aromatic nitrogens is 1. The number of anilines is 1. The molecular formula is C26H17Cl2F3N2O4S. The van der Waals surface area contributed by atoms with E-state index in [0.29, 0.717) is 21.2 Å². The Morgan fingerprint density at radius 2 is 1.37 bits per heavy atom. The predicted octanol–water partition coefficient (Wildman–Crippen LogP) is 6.64. The van der Waals surface area contributed by atoms with Gasteiger partial charge in [0.25, 0.3) is 5.56 Å². The quantitative estimate of drug-likeness (QED) is 0.286. The van der Waals surface area contributed by atoms with Crippen molar-refractivity contribution in [2.24, 2.45) is 0 Å². The zero-order valence-electron chi connectivity index (χ0n) is 19.1. The number of sulfone groups is 1. The molecule has 4 aromatic rings. The van der Waals surface area contributed by atoms with E-state index in [4.69, 9.17) is 23.2 Å². The molecule has 0 aliphatic carbocycles. The molecular weight excluding hydrogens is 564 g/mol. The number of fused-ring (bicyclic) bond motifs is 1. The van der Waals surface area contributed by atoms with Crippen molar-refractivity contribution in [3.63, 3.8) is 0 Å². The molecule has 0 bridgehead atoms. The van der Waals surface area contributed by atoms with Crippen LogP contribution in [-0.4, -0.2) is 19.3 Å². The SMILES string of the molecule is O=c1ccc(S(=O)(=O)c2ccccc2OC(F)(F)F)c2n1C(c1ccc(Cl)cc1)C(c1ccc(Cl)cc1)N2. The van der Waals surface area contributed by atoms with Crippen molar-refractivity contribution in [1.82, 2.24) is 4.57 Å². The second kappa shape index (κ2) is 9.68. The van der Waals surface area contributed by atoms with Crippen molar-refractivity contribution in [1.29, 1.82) is 0 Å². The van der Waals surface area contributed by atoms with E-state index < -0.39 is 44.5 Å². The van der Waals surface area contributed by atoms with Gasteiger partial charge in [-0.2, -0.15) is 0 Å². The Labute approximate surface area is 225 Å². The van der Waals surface area contributed by atoms with Gasteiger partial charge in [-0.05, 0) is 53.6 Å². The van der Waals surface area contributed by atoms with Gasteiger partial charge >= 0.3 is 6.36 Å². The van der Waals surface area contributed by atoms with Crippen LogP contribution in [0.4, 0.5) is 19.0 Å². The first kappa shape index (κ1) is 26.1. The smallest absolute Gasteiger partial charge is 0.404 e. The largest absolute Gasteiger partial charge is 0.573 e. The summed E-state index contributed by atoms with van der Waals surface area (Å²) < 4.78 is 71.8. The number of pyridine rings is 1. The van der Waals surface area contributed by atoms with Gasteiger partial charge in [-0.3, -0.25) is 9.36 Å². The van der Waals surface area contributed by atoms with Crippen molar-refractivity contribution in [3.05, 3.63) is 116 Å². The summed E-state index contributed by atoms with van der Waals surface area (Å²) in [5, 5.41) is 4.08. The van der Waals surface area contributed by atoms with Gasteiger partial charge in [0, 0.05) is 16.1 Å². The average molecular weight is 581 g/mol. The number of para-hydroxylation sites is 1. The lowest BCUT2D eigenvalue weighted by Gasteiger charge is -2.22. The molecule has 2 heterocycles. The Hall–Kier alpha value is -3.47. The van der Waals surface area contributed by atoms with E-state index in [9.17, 15) is 26.4 Å². The van der Waals surface area contributed by atoms with Crippen molar-refractivity contribution in [2.45, 2.75) is 28.2 Å².